The van der Waals surface area contributed by atoms with Crippen molar-refractivity contribution >= 4 is 10.1 Å². The van der Waals surface area contributed by atoms with Crippen molar-refractivity contribution in [2.24, 2.45) is 5.92 Å². The van der Waals surface area contributed by atoms with Crippen molar-refractivity contribution < 1.29 is 13.0 Å². The smallest absolute Gasteiger partial charge is 0.264 e. The van der Waals surface area contributed by atoms with Crippen LogP contribution in [-0.4, -0.2) is 18.7 Å². The van der Waals surface area contributed by atoms with Crippen molar-refractivity contribution in [3.63, 3.8) is 0 Å². The predicted molar refractivity (Wildman–Crippen MR) is 45.1 cm³/mol. The van der Waals surface area contributed by atoms with Gasteiger partial charge >= 0.3 is 0 Å². The maximum Gasteiger partial charge on any atom is 0.264 e. The van der Waals surface area contributed by atoms with Gasteiger partial charge in [0.1, 0.15) is 0 Å². The van der Waals surface area contributed by atoms with E-state index in [1.54, 1.807) is 0 Å². The fraction of sp³-hybridized carbons (Fsp3) is 1.00. The quantitative estimate of drug-likeness (QED) is 0.517. The number of unbranched alkanes of at least 4 members (excludes halogenated alkanes) is 1. The summed E-state index contributed by atoms with van der Waals surface area (Å²) in [4.78, 5) is 0. The second kappa shape index (κ2) is 4.72. The van der Waals surface area contributed by atoms with Crippen LogP contribution in [0.3, 0.4) is 0 Å². The zero-order chi connectivity index (χ0) is 8.91. The Balaban J connectivity index is 3.30. The zero-order valence-electron chi connectivity index (χ0n) is 7.08. The van der Waals surface area contributed by atoms with E-state index in [9.17, 15) is 8.42 Å². The van der Waals surface area contributed by atoms with E-state index >= 15 is 0 Å². The van der Waals surface area contributed by atoms with Gasteiger partial charge in [0.05, 0.1) is 5.75 Å². The Morgan fingerprint density at radius 1 is 1.27 bits per heavy atom. The van der Waals surface area contributed by atoms with E-state index in [4.69, 9.17) is 4.55 Å². The molecule has 0 radical (unpaired) electrons. The molecule has 0 bridgehead atoms. The van der Waals surface area contributed by atoms with Gasteiger partial charge in [0.15, 0.2) is 0 Å². The average Bonchev–Trinajstić information content (AvgIpc) is 1.78. The van der Waals surface area contributed by atoms with Crippen molar-refractivity contribution in [2.45, 2.75) is 33.1 Å². The molecule has 0 aliphatic carbocycles. The fourth-order valence-electron chi connectivity index (χ4n) is 0.837. The lowest BCUT2D eigenvalue weighted by atomic mass is 10.1. The van der Waals surface area contributed by atoms with E-state index in [0.29, 0.717) is 12.3 Å². The molecule has 0 fully saturated rings. The van der Waals surface area contributed by atoms with Crippen molar-refractivity contribution in [1.29, 1.82) is 0 Å². The summed E-state index contributed by atoms with van der Waals surface area (Å²) in [6.07, 6.45) is 2.46. The zero-order valence-corrected chi connectivity index (χ0v) is 7.89. The highest BCUT2D eigenvalue weighted by molar-refractivity contribution is 7.85. The van der Waals surface area contributed by atoms with Gasteiger partial charge in [0, 0.05) is 0 Å². The highest BCUT2D eigenvalue weighted by Gasteiger charge is 2.03. The van der Waals surface area contributed by atoms with Gasteiger partial charge in [-0.05, 0) is 12.3 Å². The minimum atomic E-state index is -3.72. The van der Waals surface area contributed by atoms with E-state index < -0.39 is 10.1 Å². The molecule has 0 saturated heterocycles. The summed E-state index contributed by atoms with van der Waals surface area (Å²) in [6, 6.07) is 0. The monoisotopic (exact) mass is 180 g/mol. The van der Waals surface area contributed by atoms with Crippen LogP contribution in [0.5, 0.6) is 0 Å². The van der Waals surface area contributed by atoms with Crippen LogP contribution in [0.25, 0.3) is 0 Å². The first-order valence-corrected chi connectivity index (χ1v) is 5.48. The summed E-state index contributed by atoms with van der Waals surface area (Å²) in [5.74, 6) is 0.510. The molecule has 0 aromatic heterocycles. The second-order valence-electron chi connectivity index (χ2n) is 3.18. The van der Waals surface area contributed by atoms with Crippen LogP contribution < -0.4 is 0 Å². The molecular formula is C7H16O3S. The molecule has 11 heavy (non-hydrogen) atoms. The van der Waals surface area contributed by atoms with Crippen LogP contribution in [0.4, 0.5) is 0 Å². The van der Waals surface area contributed by atoms with Crippen molar-refractivity contribution in [2.75, 3.05) is 5.75 Å². The predicted octanol–water partition coefficient (Wildman–Crippen LogP) is 1.70. The lowest BCUT2D eigenvalue weighted by Gasteiger charge is -2.01. The average molecular weight is 180 g/mol. The van der Waals surface area contributed by atoms with Gasteiger partial charge in [0.25, 0.3) is 10.1 Å². The molecule has 0 unspecified atom stereocenters. The molecule has 1 N–H and O–H groups in total. The van der Waals surface area contributed by atoms with Gasteiger partial charge in [-0.15, -0.1) is 0 Å². The molecule has 0 aromatic carbocycles. The summed E-state index contributed by atoms with van der Waals surface area (Å²) in [7, 11) is -3.72. The SMILES string of the molecule is CC(C)CCCCS(=O)(=O)O. The van der Waals surface area contributed by atoms with Gasteiger partial charge < -0.3 is 0 Å². The first-order valence-electron chi connectivity index (χ1n) is 3.87. The molecule has 0 aromatic rings. The Bertz CT molecular complexity index is 182. The van der Waals surface area contributed by atoms with Crippen LogP contribution in [0.15, 0.2) is 0 Å². The maximum absolute atomic E-state index is 10.2. The summed E-state index contributed by atoms with van der Waals surface area (Å²) >= 11 is 0. The Morgan fingerprint density at radius 3 is 2.18 bits per heavy atom. The van der Waals surface area contributed by atoms with Crippen LogP contribution in [-0.2, 0) is 10.1 Å². The first-order chi connectivity index (χ1) is 4.92. The van der Waals surface area contributed by atoms with Gasteiger partial charge in [-0.3, -0.25) is 4.55 Å². The second-order valence-corrected chi connectivity index (χ2v) is 4.75. The third-order valence-corrected chi connectivity index (χ3v) is 2.24. The Labute approximate surface area is 68.6 Å². The third kappa shape index (κ3) is 9.91. The fourth-order valence-corrected chi connectivity index (χ4v) is 1.41. The van der Waals surface area contributed by atoms with E-state index in [0.717, 1.165) is 12.8 Å². The summed E-state index contributed by atoms with van der Waals surface area (Å²) in [5.41, 5.74) is 0. The first kappa shape index (κ1) is 10.9. The number of hydrogen-bond donors (Lipinski definition) is 1. The molecular weight excluding hydrogens is 164 g/mol. The number of hydrogen-bond acceptors (Lipinski definition) is 2. The topological polar surface area (TPSA) is 54.4 Å². The van der Waals surface area contributed by atoms with Crippen molar-refractivity contribution in [3.05, 3.63) is 0 Å². The summed E-state index contributed by atoms with van der Waals surface area (Å²) in [5, 5.41) is 0. The lowest BCUT2D eigenvalue weighted by Crippen LogP contribution is -2.03. The molecule has 68 valence electrons. The summed E-state index contributed by atoms with van der Waals surface area (Å²) in [6.45, 7) is 4.18. The van der Waals surface area contributed by atoms with Gasteiger partial charge in [-0.2, -0.15) is 8.42 Å². The van der Waals surface area contributed by atoms with Crippen LogP contribution >= 0.6 is 0 Å². The highest BCUT2D eigenvalue weighted by atomic mass is 32.2. The van der Waals surface area contributed by atoms with Gasteiger partial charge in [0.2, 0.25) is 0 Å². The lowest BCUT2D eigenvalue weighted by molar-refractivity contribution is 0.475. The van der Waals surface area contributed by atoms with Crippen LogP contribution in [0.1, 0.15) is 33.1 Å². The van der Waals surface area contributed by atoms with Crippen LogP contribution in [0, 0.1) is 5.92 Å². The minimum absolute atomic E-state index is 0.0975. The van der Waals surface area contributed by atoms with Gasteiger partial charge in [-0.25, -0.2) is 0 Å². The Morgan fingerprint density at radius 2 is 1.82 bits per heavy atom. The molecule has 4 heteroatoms. The molecule has 0 atom stereocenters. The van der Waals surface area contributed by atoms with Crippen molar-refractivity contribution in [1.82, 2.24) is 0 Å². The third-order valence-electron chi connectivity index (χ3n) is 1.43. The normalized spacial score (nSPS) is 12.4. The highest BCUT2D eigenvalue weighted by Crippen LogP contribution is 2.06. The Kier molecular flexibility index (Phi) is 4.68. The molecule has 0 aliphatic rings. The summed E-state index contributed by atoms with van der Waals surface area (Å²) < 4.78 is 28.8. The molecule has 0 amide bonds. The van der Waals surface area contributed by atoms with E-state index in [2.05, 4.69) is 13.8 Å². The van der Waals surface area contributed by atoms with E-state index in [1.165, 1.54) is 0 Å². The molecule has 0 spiro atoms. The maximum atomic E-state index is 10.2. The van der Waals surface area contributed by atoms with Crippen molar-refractivity contribution in [3.8, 4) is 0 Å². The molecule has 0 saturated carbocycles. The molecule has 0 rings (SSSR count). The van der Waals surface area contributed by atoms with Crippen LogP contribution in [0.2, 0.25) is 0 Å². The Hall–Kier alpha value is -0.0900. The van der Waals surface area contributed by atoms with E-state index in [1.807, 2.05) is 0 Å². The van der Waals surface area contributed by atoms with E-state index in [-0.39, 0.29) is 5.75 Å². The largest absolute Gasteiger partial charge is 0.286 e. The molecule has 3 nitrogen and oxygen atoms in total. The van der Waals surface area contributed by atoms with Gasteiger partial charge in [-0.1, -0.05) is 26.7 Å². The molecule has 0 aliphatic heterocycles. The molecule has 0 heterocycles. The minimum Gasteiger partial charge on any atom is -0.286 e. The number of rotatable bonds is 5. The standard InChI is InChI=1S/C7H16O3S/c1-7(2)5-3-4-6-11(8,9)10/h7H,3-6H2,1-2H3,(H,8,9,10).